The van der Waals surface area contributed by atoms with Crippen LogP contribution >= 0.6 is 11.8 Å². The molecule has 1 aromatic rings. The summed E-state index contributed by atoms with van der Waals surface area (Å²) in [5.41, 5.74) is 10.7. The van der Waals surface area contributed by atoms with Crippen molar-refractivity contribution in [2.75, 3.05) is 56.1 Å². The first-order valence-electron chi connectivity index (χ1n) is 11.7. The lowest BCUT2D eigenvalue weighted by Crippen LogP contribution is -2.53. The molecule has 0 aromatic heterocycles. The van der Waals surface area contributed by atoms with Gasteiger partial charge in [0.05, 0.1) is 6.54 Å². The Morgan fingerprint density at radius 1 is 1.03 bits per heavy atom. The van der Waals surface area contributed by atoms with Gasteiger partial charge < -0.3 is 16.0 Å². The van der Waals surface area contributed by atoms with Gasteiger partial charge in [0.15, 0.2) is 5.96 Å². The number of nitrogens with one attached hydrogen (secondary N) is 1. The fraction of sp³-hybridized carbons (Fsp3) is 0.708. The van der Waals surface area contributed by atoms with Crippen molar-refractivity contribution in [2.45, 2.75) is 58.9 Å². The maximum atomic E-state index is 5.63. The summed E-state index contributed by atoms with van der Waals surface area (Å²) < 4.78 is 0. The molecule has 1 saturated carbocycles. The number of aliphatic imine (C=N–C) groups is 1. The zero-order valence-corrected chi connectivity index (χ0v) is 20.1. The molecule has 30 heavy (non-hydrogen) atoms. The van der Waals surface area contributed by atoms with E-state index in [0.717, 1.165) is 62.8 Å². The molecule has 0 amide bonds. The number of benzene rings is 1. The van der Waals surface area contributed by atoms with Crippen molar-refractivity contribution in [1.82, 2.24) is 9.80 Å². The van der Waals surface area contributed by atoms with Gasteiger partial charge in [-0.1, -0.05) is 37.0 Å². The van der Waals surface area contributed by atoms with Crippen molar-refractivity contribution in [3.63, 3.8) is 0 Å². The lowest BCUT2D eigenvalue weighted by Gasteiger charge is -2.41. The number of hydrogen-bond donors (Lipinski definition) is 2. The molecule has 1 saturated heterocycles. The number of thioether (sulfide) groups is 1. The Bertz CT molecular complexity index is 668. The molecule has 1 aromatic carbocycles. The summed E-state index contributed by atoms with van der Waals surface area (Å²) >= 11 is 1.89. The van der Waals surface area contributed by atoms with E-state index >= 15 is 0 Å². The Balaban J connectivity index is 1.66. The van der Waals surface area contributed by atoms with Crippen molar-refractivity contribution in [2.24, 2.45) is 10.7 Å². The largest absolute Gasteiger partial charge is 0.340 e. The van der Waals surface area contributed by atoms with Crippen LogP contribution < -0.4 is 11.1 Å². The molecular formula is C24H41N5S. The van der Waals surface area contributed by atoms with Crippen molar-refractivity contribution in [1.29, 1.82) is 0 Å². The van der Waals surface area contributed by atoms with Crippen LogP contribution in [0.4, 0.5) is 5.69 Å². The zero-order chi connectivity index (χ0) is 21.3. The van der Waals surface area contributed by atoms with Crippen molar-refractivity contribution in [3.8, 4) is 0 Å². The highest BCUT2D eigenvalue weighted by Gasteiger charge is 2.26. The van der Waals surface area contributed by atoms with Crippen molar-refractivity contribution >= 4 is 23.4 Å². The normalized spacial score (nSPS) is 19.3. The van der Waals surface area contributed by atoms with Gasteiger partial charge in [-0.15, -0.1) is 0 Å². The van der Waals surface area contributed by atoms with E-state index < -0.39 is 0 Å². The van der Waals surface area contributed by atoms with Crippen LogP contribution in [0, 0.1) is 20.8 Å². The first kappa shape index (κ1) is 23.4. The fourth-order valence-electron chi connectivity index (χ4n) is 4.85. The molecule has 1 aliphatic carbocycles. The summed E-state index contributed by atoms with van der Waals surface area (Å²) in [6.07, 6.45) is 7.02. The third-order valence-corrected chi connectivity index (χ3v) is 7.37. The lowest BCUT2D eigenvalue weighted by molar-refractivity contribution is 0.107. The predicted molar refractivity (Wildman–Crippen MR) is 133 cm³/mol. The minimum absolute atomic E-state index is 0.740. The van der Waals surface area contributed by atoms with Crippen LogP contribution in [-0.4, -0.2) is 72.6 Å². The lowest BCUT2D eigenvalue weighted by atomic mass is 9.94. The van der Waals surface area contributed by atoms with E-state index in [4.69, 9.17) is 10.7 Å². The fourth-order valence-corrected chi connectivity index (χ4v) is 5.45. The highest BCUT2D eigenvalue weighted by molar-refractivity contribution is 7.99. The summed E-state index contributed by atoms with van der Waals surface area (Å²) in [4.78, 5) is 10.2. The summed E-state index contributed by atoms with van der Waals surface area (Å²) in [5, 5.41) is 3.72. The third kappa shape index (κ3) is 6.63. The van der Waals surface area contributed by atoms with Gasteiger partial charge in [0.2, 0.25) is 0 Å². The Morgan fingerprint density at radius 2 is 1.70 bits per heavy atom. The Hall–Kier alpha value is -1.24. The molecule has 0 atom stereocenters. The first-order chi connectivity index (χ1) is 14.6. The molecule has 6 heteroatoms. The summed E-state index contributed by atoms with van der Waals surface area (Å²) in [5.74, 6) is 3.08. The van der Waals surface area contributed by atoms with Crippen LogP contribution in [0.3, 0.4) is 0 Å². The van der Waals surface area contributed by atoms with Crippen LogP contribution in [0.2, 0.25) is 0 Å². The molecule has 0 bridgehead atoms. The maximum absolute atomic E-state index is 5.63. The first-order valence-corrected chi connectivity index (χ1v) is 12.9. The van der Waals surface area contributed by atoms with Crippen LogP contribution in [0.25, 0.3) is 0 Å². The van der Waals surface area contributed by atoms with Gasteiger partial charge >= 0.3 is 0 Å². The van der Waals surface area contributed by atoms with E-state index in [0.29, 0.717) is 0 Å². The molecule has 168 valence electrons. The summed E-state index contributed by atoms with van der Waals surface area (Å²) in [7, 11) is 0. The van der Waals surface area contributed by atoms with Crippen LogP contribution in [0.1, 0.15) is 48.8 Å². The Morgan fingerprint density at radius 3 is 2.33 bits per heavy atom. The zero-order valence-electron chi connectivity index (χ0n) is 19.3. The predicted octanol–water partition coefficient (Wildman–Crippen LogP) is 4.02. The smallest absolute Gasteiger partial charge is 0.198 e. The van der Waals surface area contributed by atoms with Gasteiger partial charge in [0.25, 0.3) is 0 Å². The monoisotopic (exact) mass is 431 g/mol. The number of anilines is 1. The number of aryl methyl sites for hydroxylation is 3. The number of hydrogen-bond acceptors (Lipinski definition) is 4. The molecule has 1 aliphatic heterocycles. The molecule has 2 fully saturated rings. The van der Waals surface area contributed by atoms with Gasteiger partial charge in [-0.25, -0.2) is 0 Å². The van der Waals surface area contributed by atoms with Gasteiger partial charge in [0.1, 0.15) is 0 Å². The summed E-state index contributed by atoms with van der Waals surface area (Å²) in [6.45, 7) is 12.5. The molecule has 0 spiro atoms. The third-order valence-electron chi connectivity index (χ3n) is 6.38. The van der Waals surface area contributed by atoms with Gasteiger partial charge in [-0.05, 0) is 44.7 Å². The SMILES string of the molecule is Cc1cc(C)c(NC(=NCCSCCN)N2CCN(C3CCCCC3)CC2)c(C)c1. The minimum atomic E-state index is 0.740. The Labute approximate surface area is 187 Å². The molecule has 3 rings (SSSR count). The molecule has 1 heterocycles. The minimum Gasteiger partial charge on any atom is -0.340 e. The average molecular weight is 432 g/mol. The maximum Gasteiger partial charge on any atom is 0.198 e. The van der Waals surface area contributed by atoms with Gasteiger partial charge in [-0.3, -0.25) is 9.89 Å². The van der Waals surface area contributed by atoms with E-state index in [1.54, 1.807) is 0 Å². The van der Waals surface area contributed by atoms with Crippen LogP contribution in [0.15, 0.2) is 17.1 Å². The standard InChI is InChI=1S/C24H41N5S/c1-19-17-20(2)23(21(3)18-19)27-24(26-10-16-30-15-9-25)29-13-11-28(12-14-29)22-7-5-4-6-8-22/h17-18,22H,4-16,25H2,1-3H3,(H,26,27). The van der Waals surface area contributed by atoms with Gasteiger partial charge in [-0.2, -0.15) is 11.8 Å². The highest BCUT2D eigenvalue weighted by Crippen LogP contribution is 2.25. The van der Waals surface area contributed by atoms with E-state index in [1.165, 1.54) is 54.5 Å². The molecule has 0 radical (unpaired) electrons. The van der Waals surface area contributed by atoms with E-state index in [-0.39, 0.29) is 0 Å². The Kier molecular flexibility index (Phi) is 9.34. The number of nitrogens with two attached hydrogens (primary N) is 1. The molecule has 5 nitrogen and oxygen atoms in total. The number of guanidine groups is 1. The van der Waals surface area contributed by atoms with E-state index in [9.17, 15) is 0 Å². The second kappa shape index (κ2) is 12.0. The highest BCUT2D eigenvalue weighted by atomic mass is 32.2. The van der Waals surface area contributed by atoms with Crippen molar-refractivity contribution < 1.29 is 0 Å². The molecular weight excluding hydrogens is 390 g/mol. The average Bonchev–Trinajstić information content (AvgIpc) is 2.75. The molecule has 3 N–H and O–H groups in total. The van der Waals surface area contributed by atoms with Crippen LogP contribution in [0.5, 0.6) is 0 Å². The number of piperazine rings is 1. The second-order valence-electron chi connectivity index (χ2n) is 8.82. The quantitative estimate of drug-likeness (QED) is 0.388. The second-order valence-corrected chi connectivity index (χ2v) is 10.0. The summed E-state index contributed by atoms with van der Waals surface area (Å²) in [6, 6.07) is 5.32. The van der Waals surface area contributed by atoms with Crippen molar-refractivity contribution in [3.05, 3.63) is 28.8 Å². The molecule has 2 aliphatic rings. The van der Waals surface area contributed by atoms with Crippen LogP contribution in [-0.2, 0) is 0 Å². The molecule has 0 unspecified atom stereocenters. The number of nitrogens with zero attached hydrogens (tertiary/aromatic N) is 3. The number of rotatable bonds is 7. The van der Waals surface area contributed by atoms with E-state index in [1.807, 2.05) is 11.8 Å². The topological polar surface area (TPSA) is 56.9 Å². The van der Waals surface area contributed by atoms with E-state index in [2.05, 4.69) is 48.0 Å². The van der Waals surface area contributed by atoms with Gasteiger partial charge in [0, 0.05) is 56.0 Å².